The van der Waals surface area contributed by atoms with Crippen molar-refractivity contribution in [2.75, 3.05) is 6.61 Å². The summed E-state index contributed by atoms with van der Waals surface area (Å²) in [6, 6.07) is 0. The van der Waals surface area contributed by atoms with E-state index in [1.165, 1.54) is 0 Å². The summed E-state index contributed by atoms with van der Waals surface area (Å²) in [5.74, 6) is 0. The standard InChI is InChI=1S/C15H25NO2/c1-5-16-15(4)9-12-7-14(3,11-17-6-2)8-13(10-15)18-12/h5-6,12-13,16H,1-2,7-11H2,3-4H3. The first kappa shape index (κ1) is 13.5. The Morgan fingerprint density at radius 1 is 1.22 bits per heavy atom. The second-order valence-corrected chi connectivity index (χ2v) is 6.39. The third kappa shape index (κ3) is 2.89. The highest BCUT2D eigenvalue weighted by molar-refractivity contribution is 5.01. The smallest absolute Gasteiger partial charge is 0.0928 e. The van der Waals surface area contributed by atoms with Crippen LogP contribution in [0.25, 0.3) is 0 Å². The Labute approximate surface area is 110 Å². The van der Waals surface area contributed by atoms with Gasteiger partial charge in [0.15, 0.2) is 0 Å². The second-order valence-electron chi connectivity index (χ2n) is 6.39. The summed E-state index contributed by atoms with van der Waals surface area (Å²) < 4.78 is 11.5. The van der Waals surface area contributed by atoms with Gasteiger partial charge in [0.2, 0.25) is 0 Å². The van der Waals surface area contributed by atoms with E-state index in [1.54, 1.807) is 12.5 Å². The van der Waals surface area contributed by atoms with E-state index in [9.17, 15) is 0 Å². The van der Waals surface area contributed by atoms with Crippen LogP contribution in [0.1, 0.15) is 39.5 Å². The lowest BCUT2D eigenvalue weighted by molar-refractivity contribution is -0.156. The molecule has 0 spiro atoms. The molecule has 2 unspecified atom stereocenters. The monoisotopic (exact) mass is 251 g/mol. The summed E-state index contributed by atoms with van der Waals surface area (Å²) in [5.41, 5.74) is 0.354. The molecular weight excluding hydrogens is 226 g/mol. The molecule has 0 amide bonds. The van der Waals surface area contributed by atoms with Gasteiger partial charge in [-0.25, -0.2) is 0 Å². The third-order valence-electron chi connectivity index (χ3n) is 4.18. The predicted molar refractivity (Wildman–Crippen MR) is 73.1 cm³/mol. The largest absolute Gasteiger partial charge is 0.501 e. The maximum atomic E-state index is 6.08. The van der Waals surface area contributed by atoms with Crippen LogP contribution in [0.15, 0.2) is 25.6 Å². The summed E-state index contributed by atoms with van der Waals surface area (Å²) >= 11 is 0. The van der Waals surface area contributed by atoms with Crippen molar-refractivity contribution in [1.29, 1.82) is 0 Å². The van der Waals surface area contributed by atoms with Gasteiger partial charge in [-0.3, -0.25) is 0 Å². The molecule has 0 aromatic carbocycles. The maximum Gasteiger partial charge on any atom is 0.0928 e. The van der Waals surface area contributed by atoms with Crippen LogP contribution in [0.2, 0.25) is 0 Å². The molecule has 2 bridgehead atoms. The van der Waals surface area contributed by atoms with Crippen molar-refractivity contribution in [3.05, 3.63) is 25.6 Å². The highest BCUT2D eigenvalue weighted by Crippen LogP contribution is 2.45. The van der Waals surface area contributed by atoms with Crippen molar-refractivity contribution < 1.29 is 9.47 Å². The van der Waals surface area contributed by atoms with Gasteiger partial charge in [0, 0.05) is 11.0 Å². The highest BCUT2D eigenvalue weighted by Gasteiger charge is 2.46. The molecule has 3 nitrogen and oxygen atoms in total. The van der Waals surface area contributed by atoms with Crippen LogP contribution in [-0.2, 0) is 9.47 Å². The van der Waals surface area contributed by atoms with Crippen LogP contribution in [0.4, 0.5) is 0 Å². The van der Waals surface area contributed by atoms with E-state index in [0.717, 1.165) is 32.3 Å². The number of hydrogen-bond acceptors (Lipinski definition) is 3. The lowest BCUT2D eigenvalue weighted by Gasteiger charge is -2.51. The van der Waals surface area contributed by atoms with Crippen LogP contribution in [-0.4, -0.2) is 24.4 Å². The predicted octanol–water partition coefficient (Wildman–Crippen LogP) is 2.99. The molecule has 3 heteroatoms. The van der Waals surface area contributed by atoms with Gasteiger partial charge < -0.3 is 14.8 Å². The van der Waals surface area contributed by atoms with Crippen molar-refractivity contribution in [1.82, 2.24) is 5.32 Å². The van der Waals surface area contributed by atoms with E-state index < -0.39 is 0 Å². The van der Waals surface area contributed by atoms with E-state index >= 15 is 0 Å². The van der Waals surface area contributed by atoms with Crippen LogP contribution in [0.5, 0.6) is 0 Å². The number of ether oxygens (including phenoxy) is 2. The Morgan fingerprint density at radius 3 is 2.33 bits per heavy atom. The molecule has 2 saturated heterocycles. The van der Waals surface area contributed by atoms with Crippen molar-refractivity contribution in [3.8, 4) is 0 Å². The fourth-order valence-corrected chi connectivity index (χ4v) is 3.62. The zero-order valence-corrected chi connectivity index (χ0v) is 11.6. The fourth-order valence-electron chi connectivity index (χ4n) is 3.62. The molecule has 0 saturated carbocycles. The molecule has 2 aliphatic heterocycles. The van der Waals surface area contributed by atoms with Crippen LogP contribution in [0.3, 0.4) is 0 Å². The minimum Gasteiger partial charge on any atom is -0.501 e. The van der Waals surface area contributed by atoms with Crippen molar-refractivity contribution in [2.45, 2.75) is 57.3 Å². The molecule has 0 radical (unpaired) electrons. The van der Waals surface area contributed by atoms with E-state index in [-0.39, 0.29) is 11.0 Å². The van der Waals surface area contributed by atoms with Crippen molar-refractivity contribution in [3.63, 3.8) is 0 Å². The minimum absolute atomic E-state index is 0.135. The number of fused-ring (bicyclic) bond motifs is 2. The SMILES string of the molecule is C=CNC1(C)CC2CC(C)(COC=C)CC(C1)O2. The normalized spacial score (nSPS) is 43.0. The van der Waals surface area contributed by atoms with E-state index in [0.29, 0.717) is 12.2 Å². The Kier molecular flexibility index (Phi) is 3.71. The molecule has 0 aromatic rings. The third-order valence-corrected chi connectivity index (χ3v) is 4.18. The summed E-state index contributed by atoms with van der Waals surface area (Å²) in [6.45, 7) is 12.7. The van der Waals surface area contributed by atoms with Gasteiger partial charge in [-0.05, 0) is 38.8 Å². The molecular formula is C15H25NO2. The Balaban J connectivity index is 2.02. The molecule has 2 rings (SSSR count). The van der Waals surface area contributed by atoms with Gasteiger partial charge in [0.1, 0.15) is 0 Å². The topological polar surface area (TPSA) is 30.5 Å². The van der Waals surface area contributed by atoms with Crippen LogP contribution >= 0.6 is 0 Å². The number of rotatable bonds is 5. The first-order valence-corrected chi connectivity index (χ1v) is 6.75. The Morgan fingerprint density at radius 2 is 1.83 bits per heavy atom. The molecule has 0 aliphatic carbocycles. The molecule has 1 N–H and O–H groups in total. The summed E-state index contributed by atoms with van der Waals surface area (Å²) in [5, 5.41) is 3.40. The quantitative estimate of drug-likeness (QED) is 0.762. The molecule has 2 aliphatic rings. The first-order chi connectivity index (χ1) is 8.49. The van der Waals surface area contributed by atoms with E-state index in [2.05, 4.69) is 32.3 Å². The molecule has 102 valence electrons. The van der Waals surface area contributed by atoms with E-state index in [1.807, 2.05) is 0 Å². The van der Waals surface area contributed by atoms with Crippen molar-refractivity contribution in [2.24, 2.45) is 5.41 Å². The van der Waals surface area contributed by atoms with Gasteiger partial charge in [-0.15, -0.1) is 0 Å². The van der Waals surface area contributed by atoms with Gasteiger partial charge >= 0.3 is 0 Å². The minimum atomic E-state index is 0.135. The second kappa shape index (κ2) is 4.96. The van der Waals surface area contributed by atoms with E-state index in [4.69, 9.17) is 9.47 Å². The van der Waals surface area contributed by atoms with Gasteiger partial charge in [0.25, 0.3) is 0 Å². The zero-order valence-electron chi connectivity index (χ0n) is 11.6. The lowest BCUT2D eigenvalue weighted by Crippen LogP contribution is -2.55. The Hall–Kier alpha value is -0.960. The summed E-state index contributed by atoms with van der Waals surface area (Å²) in [4.78, 5) is 0. The maximum absolute atomic E-state index is 6.08. The van der Waals surface area contributed by atoms with Gasteiger partial charge in [-0.2, -0.15) is 0 Å². The summed E-state index contributed by atoms with van der Waals surface area (Å²) in [7, 11) is 0. The number of nitrogens with one attached hydrogen (secondary N) is 1. The molecule has 0 aromatic heterocycles. The average Bonchev–Trinajstić information content (AvgIpc) is 2.24. The van der Waals surface area contributed by atoms with Crippen LogP contribution < -0.4 is 5.32 Å². The molecule has 18 heavy (non-hydrogen) atoms. The van der Waals surface area contributed by atoms with Gasteiger partial charge in [0.05, 0.1) is 25.1 Å². The highest BCUT2D eigenvalue weighted by atomic mass is 16.5. The zero-order chi connectivity index (χ0) is 13.2. The van der Waals surface area contributed by atoms with Gasteiger partial charge in [-0.1, -0.05) is 20.1 Å². The Bertz CT molecular complexity index is 312. The van der Waals surface area contributed by atoms with Crippen molar-refractivity contribution >= 4 is 0 Å². The number of hydrogen-bond donors (Lipinski definition) is 1. The molecule has 2 atom stereocenters. The first-order valence-electron chi connectivity index (χ1n) is 6.75. The average molecular weight is 251 g/mol. The van der Waals surface area contributed by atoms with Crippen LogP contribution in [0, 0.1) is 5.41 Å². The molecule has 2 heterocycles. The summed E-state index contributed by atoms with van der Waals surface area (Å²) in [6.07, 6.45) is 8.21. The fraction of sp³-hybridized carbons (Fsp3) is 0.733. The molecule has 2 fully saturated rings. The lowest BCUT2D eigenvalue weighted by atomic mass is 9.69.